The van der Waals surface area contributed by atoms with Crippen molar-refractivity contribution in [3.8, 4) is 0 Å². The number of fused-ring (bicyclic) bond motifs is 1. The number of rotatable bonds is 8. The molecule has 1 saturated carbocycles. The number of amides is 1. The molecule has 0 radical (unpaired) electrons. The number of hydrogen-bond donors (Lipinski definition) is 1. The minimum Gasteiger partial charge on any atom is -0.376 e. The molecule has 1 amide bonds. The molecule has 2 aliphatic rings. The van der Waals surface area contributed by atoms with Crippen molar-refractivity contribution in [3.05, 3.63) is 53.9 Å². The maximum atomic E-state index is 12.8. The van der Waals surface area contributed by atoms with Gasteiger partial charge in [-0.15, -0.1) is 10.2 Å². The quantitative estimate of drug-likeness (QED) is 0.445. The molecule has 1 saturated heterocycles. The van der Waals surface area contributed by atoms with Gasteiger partial charge in [-0.2, -0.15) is 0 Å². The van der Waals surface area contributed by atoms with Gasteiger partial charge in [0.1, 0.15) is 5.82 Å². The maximum Gasteiger partial charge on any atom is 0.233 e. The number of nitrogens with zero attached hydrogens (tertiary/aromatic N) is 3. The second-order valence-electron chi connectivity index (χ2n) is 9.52. The van der Waals surface area contributed by atoms with Gasteiger partial charge in [0.15, 0.2) is 5.16 Å². The average Bonchev–Trinajstić information content (AvgIpc) is 3.53. The van der Waals surface area contributed by atoms with Crippen LogP contribution in [0.4, 0.5) is 0 Å². The van der Waals surface area contributed by atoms with E-state index >= 15 is 0 Å². The first-order chi connectivity index (χ1) is 16.7. The third-order valence-electron chi connectivity index (χ3n) is 7.08. The molecule has 3 aromatic rings. The zero-order valence-corrected chi connectivity index (χ0v) is 20.7. The third-order valence-corrected chi connectivity index (χ3v) is 8.14. The zero-order chi connectivity index (χ0) is 23.3. The molecule has 1 aliphatic heterocycles. The second kappa shape index (κ2) is 10.9. The fourth-order valence-electron chi connectivity index (χ4n) is 5.21. The summed E-state index contributed by atoms with van der Waals surface area (Å²) in [6.07, 6.45) is 9.05. The lowest BCUT2D eigenvalue weighted by Gasteiger charge is -2.26. The molecule has 0 spiro atoms. The molecule has 2 heterocycles. The lowest BCUT2D eigenvalue weighted by molar-refractivity contribution is -0.120. The summed E-state index contributed by atoms with van der Waals surface area (Å²) in [6, 6.07) is 15.4. The van der Waals surface area contributed by atoms with Gasteiger partial charge in [0.25, 0.3) is 0 Å². The van der Waals surface area contributed by atoms with E-state index in [0.29, 0.717) is 12.6 Å². The first-order valence-corrected chi connectivity index (χ1v) is 13.5. The first-order valence-electron chi connectivity index (χ1n) is 12.7. The Kier molecular flexibility index (Phi) is 7.50. The molecule has 2 fully saturated rings. The van der Waals surface area contributed by atoms with Gasteiger partial charge in [-0.3, -0.25) is 4.79 Å². The largest absolute Gasteiger partial charge is 0.376 e. The molecule has 7 heteroatoms. The summed E-state index contributed by atoms with van der Waals surface area (Å²) in [5.74, 6) is 1.03. The molecule has 0 unspecified atom stereocenters. The summed E-state index contributed by atoms with van der Waals surface area (Å²) in [7, 11) is 0. The van der Waals surface area contributed by atoms with E-state index in [0.717, 1.165) is 49.7 Å². The van der Waals surface area contributed by atoms with Crippen molar-refractivity contribution in [2.24, 2.45) is 0 Å². The molecular weight excluding hydrogens is 444 g/mol. The molecule has 1 aromatic heterocycles. The minimum atomic E-state index is -0.238. The van der Waals surface area contributed by atoms with Gasteiger partial charge in [-0.1, -0.05) is 73.5 Å². The summed E-state index contributed by atoms with van der Waals surface area (Å²) in [6.45, 7) is 3.35. The van der Waals surface area contributed by atoms with E-state index in [1.54, 1.807) is 0 Å². The third kappa shape index (κ3) is 5.31. The highest BCUT2D eigenvalue weighted by atomic mass is 32.2. The maximum absolute atomic E-state index is 12.8. The van der Waals surface area contributed by atoms with Crippen LogP contribution in [0.5, 0.6) is 0 Å². The summed E-state index contributed by atoms with van der Waals surface area (Å²) in [5.41, 5.74) is 1.27. The molecule has 180 valence electrons. The van der Waals surface area contributed by atoms with Crippen molar-refractivity contribution in [3.63, 3.8) is 0 Å². The number of nitrogens with one attached hydrogen (secondary N) is 1. The summed E-state index contributed by atoms with van der Waals surface area (Å²) >= 11 is 1.53. The van der Waals surface area contributed by atoms with Crippen LogP contribution in [0.15, 0.2) is 47.6 Å². The summed E-state index contributed by atoms with van der Waals surface area (Å²) in [4.78, 5) is 12.8. The van der Waals surface area contributed by atoms with Gasteiger partial charge in [-0.25, -0.2) is 0 Å². The van der Waals surface area contributed by atoms with E-state index in [4.69, 9.17) is 4.74 Å². The van der Waals surface area contributed by atoms with Gasteiger partial charge in [0.2, 0.25) is 5.91 Å². The summed E-state index contributed by atoms with van der Waals surface area (Å²) in [5, 5.41) is 15.5. The lowest BCUT2D eigenvalue weighted by atomic mass is 9.95. The van der Waals surface area contributed by atoms with Crippen LogP contribution in [0.25, 0.3) is 10.8 Å². The van der Waals surface area contributed by atoms with Crippen molar-refractivity contribution in [2.75, 3.05) is 13.2 Å². The minimum absolute atomic E-state index is 0.0364. The molecular formula is C27H34N4O2S. The van der Waals surface area contributed by atoms with Crippen LogP contribution >= 0.6 is 11.8 Å². The predicted octanol–water partition coefficient (Wildman–Crippen LogP) is 5.30. The van der Waals surface area contributed by atoms with Crippen LogP contribution in [0.3, 0.4) is 0 Å². The number of benzene rings is 2. The van der Waals surface area contributed by atoms with Crippen molar-refractivity contribution in [2.45, 2.75) is 80.8 Å². The highest BCUT2D eigenvalue weighted by molar-refractivity contribution is 8.00. The monoisotopic (exact) mass is 478 g/mol. The van der Waals surface area contributed by atoms with Crippen molar-refractivity contribution in [1.29, 1.82) is 0 Å². The van der Waals surface area contributed by atoms with E-state index < -0.39 is 0 Å². The normalized spacial score (nSPS) is 20.0. The Morgan fingerprint density at radius 3 is 2.74 bits per heavy atom. The first kappa shape index (κ1) is 23.4. The lowest BCUT2D eigenvalue weighted by Crippen LogP contribution is -2.36. The van der Waals surface area contributed by atoms with Crippen molar-refractivity contribution in [1.82, 2.24) is 20.1 Å². The molecule has 0 bridgehead atoms. The molecule has 34 heavy (non-hydrogen) atoms. The second-order valence-corrected chi connectivity index (χ2v) is 10.8. The molecule has 1 N–H and O–H groups in total. The predicted molar refractivity (Wildman–Crippen MR) is 136 cm³/mol. The Morgan fingerprint density at radius 2 is 1.91 bits per heavy atom. The topological polar surface area (TPSA) is 69.0 Å². The van der Waals surface area contributed by atoms with Crippen LogP contribution in [0.1, 0.15) is 69.3 Å². The highest BCUT2D eigenvalue weighted by Crippen LogP contribution is 2.35. The van der Waals surface area contributed by atoms with Crippen LogP contribution < -0.4 is 5.32 Å². The Labute approximate surface area is 205 Å². The van der Waals surface area contributed by atoms with Crippen LogP contribution in [0, 0.1) is 0 Å². The number of carbonyl (C=O) groups is 1. The van der Waals surface area contributed by atoms with Gasteiger partial charge in [0, 0.05) is 25.6 Å². The van der Waals surface area contributed by atoms with Crippen LogP contribution in [-0.2, 0) is 16.0 Å². The number of hydrogen-bond acceptors (Lipinski definition) is 5. The Balaban J connectivity index is 1.36. The Morgan fingerprint density at radius 1 is 1.09 bits per heavy atom. The number of aromatic nitrogens is 3. The van der Waals surface area contributed by atoms with E-state index in [2.05, 4.69) is 62.5 Å². The number of thioether (sulfide) groups is 1. The van der Waals surface area contributed by atoms with E-state index in [9.17, 15) is 4.79 Å². The Bertz CT molecular complexity index is 1110. The number of ether oxygens (including phenoxy) is 1. The molecule has 6 nitrogen and oxygen atoms in total. The fourth-order valence-corrected chi connectivity index (χ4v) is 6.17. The standard InChI is InChI=1S/C27H34N4O2S/c1-19(26(32)28-18-23-14-8-16-33-23)34-27-30-29-25(31(27)22-12-3-2-4-13-22)17-21-11-7-10-20-9-5-6-15-24(20)21/h5-7,9-11,15,19,22-23H,2-4,8,12-14,16-18H2,1H3,(H,28,32)/t19-,23+/m0/s1. The van der Waals surface area contributed by atoms with Gasteiger partial charge in [-0.05, 0) is 48.9 Å². The molecule has 2 atom stereocenters. The highest BCUT2D eigenvalue weighted by Gasteiger charge is 2.26. The fraction of sp³-hybridized carbons (Fsp3) is 0.519. The molecule has 1 aliphatic carbocycles. The average molecular weight is 479 g/mol. The van der Waals surface area contributed by atoms with Crippen molar-refractivity contribution >= 4 is 28.4 Å². The zero-order valence-electron chi connectivity index (χ0n) is 19.9. The number of carbonyl (C=O) groups excluding carboxylic acids is 1. The van der Waals surface area contributed by atoms with E-state index in [-0.39, 0.29) is 17.3 Å². The van der Waals surface area contributed by atoms with Gasteiger partial charge >= 0.3 is 0 Å². The van der Waals surface area contributed by atoms with Gasteiger partial charge < -0.3 is 14.6 Å². The summed E-state index contributed by atoms with van der Waals surface area (Å²) < 4.78 is 7.98. The smallest absolute Gasteiger partial charge is 0.233 e. The van der Waals surface area contributed by atoms with Crippen LogP contribution in [0.2, 0.25) is 0 Å². The van der Waals surface area contributed by atoms with E-state index in [1.807, 2.05) is 6.92 Å². The molecule has 5 rings (SSSR count). The Hall–Kier alpha value is -2.38. The van der Waals surface area contributed by atoms with Gasteiger partial charge in [0.05, 0.1) is 11.4 Å². The van der Waals surface area contributed by atoms with E-state index in [1.165, 1.54) is 47.4 Å². The SMILES string of the molecule is C[C@H](Sc1nnc(Cc2cccc3ccccc23)n1C1CCCCC1)C(=O)NC[C@H]1CCCO1. The van der Waals surface area contributed by atoms with Crippen molar-refractivity contribution < 1.29 is 9.53 Å². The molecule has 2 aromatic carbocycles. The van der Waals surface area contributed by atoms with Crippen LogP contribution in [-0.4, -0.2) is 45.2 Å².